The minimum absolute atomic E-state index is 0.279. The molecule has 0 fully saturated rings. The molecular weight excluding hydrogens is 580 g/mol. The zero-order valence-electron chi connectivity index (χ0n) is 20.4. The van der Waals surface area contributed by atoms with Gasteiger partial charge in [-0.1, -0.05) is 47.6 Å². The molecule has 11 heteroatoms. The summed E-state index contributed by atoms with van der Waals surface area (Å²) in [6.45, 7) is 3.82. The molecule has 0 saturated heterocycles. The Labute approximate surface area is 232 Å². The van der Waals surface area contributed by atoms with Crippen molar-refractivity contribution in [3.05, 3.63) is 103 Å². The molecule has 0 spiro atoms. The quantitative estimate of drug-likeness (QED) is 0.109. The number of thioether (sulfide) groups is 1. The number of ether oxygens (including phenoxy) is 2. The fourth-order valence-corrected chi connectivity index (χ4v) is 5.75. The molecule has 0 unspecified atom stereocenters. The molecule has 0 saturated carbocycles. The van der Waals surface area contributed by atoms with E-state index in [9.17, 15) is 10.1 Å². The molecular formula is C26H24BrClN4O4S. The van der Waals surface area contributed by atoms with Crippen LogP contribution in [-0.4, -0.2) is 33.3 Å². The fourth-order valence-electron chi connectivity index (χ4n) is 3.80. The van der Waals surface area contributed by atoms with Gasteiger partial charge >= 0.3 is 0 Å². The summed E-state index contributed by atoms with van der Waals surface area (Å²) in [6, 6.07) is 18.9. The van der Waals surface area contributed by atoms with Crippen molar-refractivity contribution in [2.24, 2.45) is 0 Å². The standard InChI is InChI=1S/C26H24BrClN4O4S/c1-16-6-4-9-21(10-16)32-17(2)29-30-26(32)37-24(14-31(33)34)19-12-22(27)25(23(13-19)35-3)36-15-18-7-5-8-20(28)11-18/h4-13,24H,14-15H2,1-3H3/t24-/m1/s1. The number of halogens is 2. The number of hydrogen-bond acceptors (Lipinski definition) is 7. The molecule has 0 aliphatic heterocycles. The third-order valence-electron chi connectivity index (χ3n) is 5.51. The van der Waals surface area contributed by atoms with Gasteiger partial charge in [-0.15, -0.1) is 10.2 Å². The Morgan fingerprint density at radius 1 is 1.14 bits per heavy atom. The van der Waals surface area contributed by atoms with Crippen LogP contribution < -0.4 is 9.47 Å². The number of aromatic nitrogens is 3. The lowest BCUT2D eigenvalue weighted by atomic mass is 10.1. The van der Waals surface area contributed by atoms with Crippen molar-refractivity contribution < 1.29 is 14.4 Å². The van der Waals surface area contributed by atoms with Crippen molar-refractivity contribution >= 4 is 39.3 Å². The highest BCUT2D eigenvalue weighted by atomic mass is 79.9. The molecule has 0 radical (unpaired) electrons. The van der Waals surface area contributed by atoms with Crippen molar-refractivity contribution in [2.45, 2.75) is 30.9 Å². The van der Waals surface area contributed by atoms with Gasteiger partial charge in [-0.25, -0.2) is 0 Å². The van der Waals surface area contributed by atoms with Crippen LogP contribution in [0, 0.1) is 24.0 Å². The van der Waals surface area contributed by atoms with Gasteiger partial charge in [0, 0.05) is 15.6 Å². The summed E-state index contributed by atoms with van der Waals surface area (Å²) in [6.07, 6.45) is 0. The number of rotatable bonds is 10. The zero-order valence-corrected chi connectivity index (χ0v) is 23.5. The highest BCUT2D eigenvalue weighted by molar-refractivity contribution is 9.10. The van der Waals surface area contributed by atoms with Gasteiger partial charge in [0.05, 0.1) is 11.6 Å². The van der Waals surface area contributed by atoms with Crippen LogP contribution >= 0.6 is 39.3 Å². The maximum atomic E-state index is 11.6. The Morgan fingerprint density at radius 2 is 1.92 bits per heavy atom. The van der Waals surface area contributed by atoms with Crippen LogP contribution in [0.3, 0.4) is 0 Å². The second-order valence-corrected chi connectivity index (χ2v) is 10.7. The lowest BCUT2D eigenvalue weighted by Gasteiger charge is -2.18. The minimum Gasteiger partial charge on any atom is -0.493 e. The second kappa shape index (κ2) is 12.0. The van der Waals surface area contributed by atoms with E-state index in [4.69, 9.17) is 21.1 Å². The highest BCUT2D eigenvalue weighted by Crippen LogP contribution is 2.43. The third kappa shape index (κ3) is 6.63. The summed E-state index contributed by atoms with van der Waals surface area (Å²) in [5, 5.41) is 20.8. The Bertz CT molecular complexity index is 1430. The van der Waals surface area contributed by atoms with Crippen LogP contribution in [0.2, 0.25) is 5.02 Å². The lowest BCUT2D eigenvalue weighted by molar-refractivity contribution is -0.479. The van der Waals surface area contributed by atoms with Gasteiger partial charge in [0.1, 0.15) is 17.7 Å². The third-order valence-corrected chi connectivity index (χ3v) is 7.52. The maximum absolute atomic E-state index is 11.6. The molecule has 1 heterocycles. The predicted molar refractivity (Wildman–Crippen MR) is 148 cm³/mol. The van der Waals surface area contributed by atoms with E-state index >= 15 is 0 Å². The predicted octanol–water partition coefficient (Wildman–Crippen LogP) is 7.00. The van der Waals surface area contributed by atoms with Gasteiger partial charge in [0.2, 0.25) is 6.54 Å². The molecule has 1 aromatic heterocycles. The zero-order chi connectivity index (χ0) is 26.5. The van der Waals surface area contributed by atoms with Crippen LogP contribution in [0.25, 0.3) is 5.69 Å². The number of nitrogens with zero attached hydrogens (tertiary/aromatic N) is 4. The molecule has 0 aliphatic carbocycles. The molecule has 192 valence electrons. The number of hydrogen-bond donors (Lipinski definition) is 0. The lowest BCUT2D eigenvalue weighted by Crippen LogP contribution is -2.12. The molecule has 0 N–H and O–H groups in total. The van der Waals surface area contributed by atoms with E-state index in [2.05, 4.69) is 26.1 Å². The Hall–Kier alpha value is -3.08. The first kappa shape index (κ1) is 27.0. The first-order chi connectivity index (χ1) is 17.7. The molecule has 1 atom stereocenters. The van der Waals surface area contributed by atoms with Crippen LogP contribution in [0.1, 0.15) is 27.8 Å². The largest absolute Gasteiger partial charge is 0.493 e. The Morgan fingerprint density at radius 3 is 2.62 bits per heavy atom. The summed E-state index contributed by atoms with van der Waals surface area (Å²) < 4.78 is 14.2. The van der Waals surface area contributed by atoms with Crippen molar-refractivity contribution in [2.75, 3.05) is 13.7 Å². The van der Waals surface area contributed by atoms with Gasteiger partial charge in [-0.3, -0.25) is 14.7 Å². The minimum atomic E-state index is -0.561. The Kier molecular flexibility index (Phi) is 8.73. The maximum Gasteiger partial charge on any atom is 0.220 e. The molecule has 37 heavy (non-hydrogen) atoms. The molecule has 0 aliphatic rings. The summed E-state index contributed by atoms with van der Waals surface area (Å²) >= 11 is 10.9. The fraction of sp³-hybridized carbons (Fsp3) is 0.231. The summed E-state index contributed by atoms with van der Waals surface area (Å²) in [5.41, 5.74) is 3.58. The van der Waals surface area contributed by atoms with Crippen LogP contribution in [0.4, 0.5) is 0 Å². The van der Waals surface area contributed by atoms with E-state index in [1.807, 2.05) is 66.9 Å². The summed E-state index contributed by atoms with van der Waals surface area (Å²) in [5.74, 6) is 1.64. The molecule has 0 bridgehead atoms. The van der Waals surface area contributed by atoms with E-state index in [0.29, 0.717) is 37.5 Å². The van der Waals surface area contributed by atoms with Gasteiger partial charge in [0.25, 0.3) is 0 Å². The van der Waals surface area contributed by atoms with Crippen molar-refractivity contribution in [1.29, 1.82) is 0 Å². The van der Waals surface area contributed by atoms with E-state index in [0.717, 1.165) is 16.8 Å². The summed E-state index contributed by atoms with van der Waals surface area (Å²) in [7, 11) is 1.53. The topological polar surface area (TPSA) is 92.3 Å². The first-order valence-electron chi connectivity index (χ1n) is 11.3. The van der Waals surface area contributed by atoms with Crippen molar-refractivity contribution in [3.63, 3.8) is 0 Å². The van der Waals surface area contributed by atoms with Crippen LogP contribution in [-0.2, 0) is 6.61 Å². The summed E-state index contributed by atoms with van der Waals surface area (Å²) in [4.78, 5) is 11.3. The number of nitro groups is 1. The molecule has 3 aromatic carbocycles. The molecule has 8 nitrogen and oxygen atoms in total. The number of methoxy groups -OCH3 is 1. The second-order valence-electron chi connectivity index (χ2n) is 8.28. The average molecular weight is 604 g/mol. The highest BCUT2D eigenvalue weighted by Gasteiger charge is 2.26. The van der Waals surface area contributed by atoms with E-state index in [1.54, 1.807) is 12.1 Å². The van der Waals surface area contributed by atoms with Gasteiger partial charge in [0.15, 0.2) is 16.7 Å². The van der Waals surface area contributed by atoms with Crippen LogP contribution in [0.15, 0.2) is 70.3 Å². The molecule has 0 amide bonds. The normalized spacial score (nSPS) is 11.8. The van der Waals surface area contributed by atoms with E-state index < -0.39 is 5.25 Å². The number of aryl methyl sites for hydroxylation is 2. The van der Waals surface area contributed by atoms with Crippen molar-refractivity contribution in [1.82, 2.24) is 14.8 Å². The Balaban J connectivity index is 1.66. The number of benzene rings is 3. The monoisotopic (exact) mass is 602 g/mol. The average Bonchev–Trinajstić information content (AvgIpc) is 3.22. The van der Waals surface area contributed by atoms with Crippen LogP contribution in [0.5, 0.6) is 11.5 Å². The molecule has 4 aromatic rings. The smallest absolute Gasteiger partial charge is 0.220 e. The van der Waals surface area contributed by atoms with E-state index in [1.165, 1.54) is 18.9 Å². The molecule has 4 rings (SSSR count). The van der Waals surface area contributed by atoms with Crippen molar-refractivity contribution in [3.8, 4) is 17.2 Å². The van der Waals surface area contributed by atoms with E-state index in [-0.39, 0.29) is 18.1 Å². The van der Waals surface area contributed by atoms with Gasteiger partial charge < -0.3 is 9.47 Å². The van der Waals surface area contributed by atoms with Gasteiger partial charge in [-0.2, -0.15) is 0 Å². The van der Waals surface area contributed by atoms with Gasteiger partial charge in [-0.05, 0) is 82.9 Å². The first-order valence-corrected chi connectivity index (χ1v) is 13.3. The SMILES string of the molecule is COc1cc([C@@H](C[N+](=O)[O-])Sc2nnc(C)n2-c2cccc(C)c2)cc(Br)c1OCc1cccc(Cl)c1.